The summed E-state index contributed by atoms with van der Waals surface area (Å²) < 4.78 is 0. The molecular weight excluding hydrogens is 380 g/mol. The first-order valence-electron chi connectivity index (χ1n) is 10.1. The zero-order valence-electron chi connectivity index (χ0n) is 17.7. The van der Waals surface area contributed by atoms with Crippen LogP contribution in [0.1, 0.15) is 54.0 Å². The minimum atomic E-state index is -0.405. The van der Waals surface area contributed by atoms with Gasteiger partial charge in [-0.3, -0.25) is 19.7 Å². The third-order valence-electron chi connectivity index (χ3n) is 4.92. The van der Waals surface area contributed by atoms with Gasteiger partial charge in [-0.1, -0.05) is 58.0 Å². The van der Waals surface area contributed by atoms with E-state index >= 15 is 0 Å². The van der Waals surface area contributed by atoms with Gasteiger partial charge < -0.3 is 4.90 Å². The summed E-state index contributed by atoms with van der Waals surface area (Å²) in [6.45, 7) is 9.71. The number of fused-ring (bicyclic) bond motifs is 1. The number of rotatable bonds is 7. The highest BCUT2D eigenvalue weighted by molar-refractivity contribution is 6.41. The molecule has 0 heterocycles. The summed E-state index contributed by atoms with van der Waals surface area (Å²) in [5, 5.41) is 11.8. The number of carbonyl (C=O) groups excluding carboxylic acids is 2. The second kappa shape index (κ2) is 8.61. The largest absolute Gasteiger partial charge is 0.365 e. The third-order valence-corrected chi connectivity index (χ3v) is 4.92. The number of nitro groups is 1. The maximum atomic E-state index is 12.6. The van der Waals surface area contributed by atoms with E-state index in [4.69, 9.17) is 0 Å². The predicted molar refractivity (Wildman–Crippen MR) is 118 cm³/mol. The Labute approximate surface area is 176 Å². The Balaban J connectivity index is 2.02. The monoisotopic (exact) mass is 406 g/mol. The molecule has 2 aromatic rings. The molecule has 0 unspecified atom stereocenters. The van der Waals surface area contributed by atoms with Gasteiger partial charge in [0.1, 0.15) is 5.69 Å². The number of Topliss-reactive ketones (excluding diaryl/α,β-unsaturated/α-hetero) is 2. The molecule has 6 heteroatoms. The summed E-state index contributed by atoms with van der Waals surface area (Å²) in [5.74, 6) is 0.00177. The predicted octanol–water partition coefficient (Wildman–Crippen LogP) is 5.18. The molecule has 156 valence electrons. The smallest absolute Gasteiger partial charge is 0.293 e. The van der Waals surface area contributed by atoms with E-state index in [2.05, 4.69) is 27.7 Å². The minimum Gasteiger partial charge on any atom is -0.365 e. The highest BCUT2D eigenvalue weighted by Crippen LogP contribution is 2.33. The molecule has 2 aromatic carbocycles. The topological polar surface area (TPSA) is 80.5 Å². The molecule has 0 atom stereocenters. The van der Waals surface area contributed by atoms with E-state index in [1.165, 1.54) is 12.1 Å². The Morgan fingerprint density at radius 3 is 1.93 bits per heavy atom. The van der Waals surface area contributed by atoms with Crippen molar-refractivity contribution in [3.63, 3.8) is 0 Å². The van der Waals surface area contributed by atoms with Gasteiger partial charge in [0.15, 0.2) is 11.6 Å². The van der Waals surface area contributed by atoms with E-state index in [-0.39, 0.29) is 22.8 Å². The highest BCUT2D eigenvalue weighted by Gasteiger charge is 2.32. The quantitative estimate of drug-likeness (QED) is 0.274. The molecule has 0 fully saturated rings. The van der Waals surface area contributed by atoms with Crippen LogP contribution in [0.2, 0.25) is 0 Å². The van der Waals surface area contributed by atoms with E-state index in [1.54, 1.807) is 36.4 Å². The van der Waals surface area contributed by atoms with Gasteiger partial charge in [0, 0.05) is 30.3 Å². The number of ketones is 2. The summed E-state index contributed by atoms with van der Waals surface area (Å²) in [7, 11) is 0. The Bertz CT molecular complexity index is 990. The molecule has 1 aliphatic carbocycles. The van der Waals surface area contributed by atoms with Crippen LogP contribution in [-0.2, 0) is 0 Å². The van der Waals surface area contributed by atoms with Crippen LogP contribution in [0, 0.1) is 22.0 Å². The van der Waals surface area contributed by atoms with Gasteiger partial charge in [0.25, 0.3) is 5.69 Å². The Morgan fingerprint density at radius 1 is 0.933 bits per heavy atom. The van der Waals surface area contributed by atoms with Gasteiger partial charge in [0.2, 0.25) is 0 Å². The summed E-state index contributed by atoms with van der Waals surface area (Å²) in [4.78, 5) is 38.7. The minimum absolute atomic E-state index is 0.0268. The number of carbonyl (C=O) groups is 2. The SMILES string of the molecule is CC(C)CN(CC(C)C)c1ccc(C=C2C(=O)c3ccccc3C2=O)cc1[N+](=O)[O-]. The Morgan fingerprint density at radius 2 is 1.47 bits per heavy atom. The van der Waals surface area contributed by atoms with E-state index in [0.717, 1.165) is 0 Å². The van der Waals surface area contributed by atoms with Crippen molar-refractivity contribution in [2.75, 3.05) is 18.0 Å². The number of hydrogen-bond donors (Lipinski definition) is 0. The molecule has 6 nitrogen and oxygen atoms in total. The number of benzene rings is 2. The molecule has 0 bridgehead atoms. The second-order valence-corrected chi connectivity index (χ2v) is 8.46. The standard InChI is InChI=1S/C24H26N2O4/c1-15(2)13-25(14-16(3)4)21-10-9-17(12-22(21)26(29)30)11-20-23(27)18-7-5-6-8-19(18)24(20)28/h5-12,15-16H,13-14H2,1-4H3. The molecule has 0 aromatic heterocycles. The van der Waals surface area contributed by atoms with Crippen LogP contribution in [0.4, 0.5) is 11.4 Å². The second-order valence-electron chi connectivity index (χ2n) is 8.46. The van der Waals surface area contributed by atoms with Gasteiger partial charge in [-0.05, 0) is 29.5 Å². The van der Waals surface area contributed by atoms with Crippen LogP contribution in [-0.4, -0.2) is 29.6 Å². The fraction of sp³-hybridized carbons (Fsp3) is 0.333. The fourth-order valence-corrected chi connectivity index (χ4v) is 3.77. The van der Waals surface area contributed by atoms with Gasteiger partial charge in [-0.25, -0.2) is 0 Å². The van der Waals surface area contributed by atoms with Crippen LogP contribution in [0.25, 0.3) is 6.08 Å². The lowest BCUT2D eigenvalue weighted by atomic mass is 10.0. The molecular formula is C24H26N2O4. The number of hydrogen-bond acceptors (Lipinski definition) is 5. The molecule has 0 spiro atoms. The van der Waals surface area contributed by atoms with Gasteiger partial charge in [0.05, 0.1) is 10.5 Å². The average Bonchev–Trinajstić information content (AvgIpc) is 2.92. The van der Waals surface area contributed by atoms with Crippen molar-refractivity contribution in [2.45, 2.75) is 27.7 Å². The van der Waals surface area contributed by atoms with Crippen molar-refractivity contribution in [1.29, 1.82) is 0 Å². The van der Waals surface area contributed by atoms with Crippen molar-refractivity contribution in [3.8, 4) is 0 Å². The van der Waals surface area contributed by atoms with Crippen LogP contribution in [0.5, 0.6) is 0 Å². The molecule has 0 saturated heterocycles. The maximum Gasteiger partial charge on any atom is 0.293 e. The highest BCUT2D eigenvalue weighted by atomic mass is 16.6. The molecule has 30 heavy (non-hydrogen) atoms. The van der Waals surface area contributed by atoms with Crippen LogP contribution in [0.3, 0.4) is 0 Å². The lowest BCUT2D eigenvalue weighted by Gasteiger charge is -2.28. The van der Waals surface area contributed by atoms with E-state index < -0.39 is 4.92 Å². The van der Waals surface area contributed by atoms with Gasteiger partial charge in [-0.15, -0.1) is 0 Å². The lowest BCUT2D eigenvalue weighted by Crippen LogP contribution is -2.31. The maximum absolute atomic E-state index is 12.6. The molecule has 0 saturated carbocycles. The Hall–Kier alpha value is -3.28. The van der Waals surface area contributed by atoms with Crippen LogP contribution >= 0.6 is 0 Å². The van der Waals surface area contributed by atoms with Gasteiger partial charge >= 0.3 is 0 Å². The van der Waals surface area contributed by atoms with Crippen molar-refractivity contribution < 1.29 is 14.5 Å². The summed E-state index contributed by atoms with van der Waals surface area (Å²) in [5.41, 5.74) is 1.78. The zero-order valence-corrected chi connectivity index (χ0v) is 17.7. The van der Waals surface area contributed by atoms with Crippen molar-refractivity contribution in [2.24, 2.45) is 11.8 Å². The zero-order chi connectivity index (χ0) is 22.0. The number of allylic oxidation sites excluding steroid dienone is 1. The molecule has 0 radical (unpaired) electrons. The molecule has 3 rings (SSSR count). The molecule has 0 aliphatic heterocycles. The first kappa shape index (κ1) is 21.4. The van der Waals surface area contributed by atoms with E-state index in [0.29, 0.717) is 47.3 Å². The van der Waals surface area contributed by atoms with E-state index in [9.17, 15) is 19.7 Å². The first-order chi connectivity index (χ1) is 14.2. The van der Waals surface area contributed by atoms with Crippen LogP contribution < -0.4 is 4.90 Å². The van der Waals surface area contributed by atoms with Crippen molar-refractivity contribution >= 4 is 29.0 Å². The van der Waals surface area contributed by atoms with Crippen LogP contribution in [0.15, 0.2) is 48.0 Å². The number of nitrogens with zero attached hydrogens (tertiary/aromatic N) is 2. The first-order valence-corrected chi connectivity index (χ1v) is 10.1. The summed E-state index contributed by atoms with van der Waals surface area (Å²) in [6, 6.07) is 11.6. The molecule has 0 N–H and O–H groups in total. The average molecular weight is 406 g/mol. The van der Waals surface area contributed by atoms with Crippen molar-refractivity contribution in [1.82, 2.24) is 0 Å². The third kappa shape index (κ3) is 4.32. The molecule has 1 aliphatic rings. The van der Waals surface area contributed by atoms with Crippen molar-refractivity contribution in [3.05, 3.63) is 74.8 Å². The summed E-state index contributed by atoms with van der Waals surface area (Å²) >= 11 is 0. The fourth-order valence-electron chi connectivity index (χ4n) is 3.77. The number of anilines is 1. The molecule has 0 amide bonds. The normalized spacial score (nSPS) is 13.2. The summed E-state index contributed by atoms with van der Waals surface area (Å²) in [6.07, 6.45) is 1.46. The lowest BCUT2D eigenvalue weighted by molar-refractivity contribution is -0.384. The number of nitro benzene ring substituents is 1. The Kier molecular flexibility index (Phi) is 6.15. The van der Waals surface area contributed by atoms with E-state index in [1.807, 2.05) is 4.90 Å². The van der Waals surface area contributed by atoms with Gasteiger partial charge in [-0.2, -0.15) is 0 Å².